The van der Waals surface area contributed by atoms with Crippen molar-refractivity contribution in [3.8, 4) is 5.75 Å². The Morgan fingerprint density at radius 1 is 0.680 bits per heavy atom. The van der Waals surface area contributed by atoms with E-state index in [0.29, 0.717) is 0 Å². The molecule has 0 saturated carbocycles. The molecular formula is C22H16N2O. The standard InChI is InChI=1S/C22H16N2O/c1-13-3-7-17-14(11-13)4-9-19-21(17)23-20-10-5-15-12-16(25-2)6-8-18(15)22(20)24-19/h3-12H,1-2H3. The molecule has 0 fully saturated rings. The Hall–Kier alpha value is -3.20. The van der Waals surface area contributed by atoms with Gasteiger partial charge in [0, 0.05) is 10.8 Å². The first-order valence-electron chi connectivity index (χ1n) is 8.30. The van der Waals surface area contributed by atoms with Crippen molar-refractivity contribution in [1.29, 1.82) is 0 Å². The van der Waals surface area contributed by atoms with Crippen LogP contribution in [0, 0.1) is 6.92 Å². The van der Waals surface area contributed by atoms with Gasteiger partial charge in [0.1, 0.15) is 5.75 Å². The van der Waals surface area contributed by atoms with Crippen molar-refractivity contribution in [2.75, 3.05) is 7.11 Å². The molecule has 3 nitrogen and oxygen atoms in total. The summed E-state index contributed by atoms with van der Waals surface area (Å²) in [5, 5.41) is 4.55. The molecule has 5 rings (SSSR count). The lowest BCUT2D eigenvalue weighted by Crippen LogP contribution is -1.91. The molecule has 25 heavy (non-hydrogen) atoms. The van der Waals surface area contributed by atoms with Gasteiger partial charge in [-0.05, 0) is 48.0 Å². The summed E-state index contributed by atoms with van der Waals surface area (Å²) in [4.78, 5) is 9.87. The second-order valence-corrected chi connectivity index (χ2v) is 6.40. The molecule has 120 valence electrons. The second-order valence-electron chi connectivity index (χ2n) is 6.40. The zero-order valence-corrected chi connectivity index (χ0v) is 14.1. The maximum absolute atomic E-state index is 5.33. The van der Waals surface area contributed by atoms with Crippen LogP contribution >= 0.6 is 0 Å². The fourth-order valence-electron chi connectivity index (χ4n) is 3.48. The monoisotopic (exact) mass is 324 g/mol. The summed E-state index contributed by atoms with van der Waals surface area (Å²) in [5.74, 6) is 0.849. The average molecular weight is 324 g/mol. The van der Waals surface area contributed by atoms with Crippen LogP contribution in [0.25, 0.3) is 43.6 Å². The first-order chi connectivity index (χ1) is 12.2. The number of benzene rings is 4. The SMILES string of the molecule is COc1ccc2c(ccc3nc4c(ccc5cc(C)ccc54)nc32)c1. The van der Waals surface area contributed by atoms with Gasteiger partial charge in [-0.3, -0.25) is 0 Å². The molecule has 1 heterocycles. The number of hydrogen-bond acceptors (Lipinski definition) is 3. The van der Waals surface area contributed by atoms with Crippen molar-refractivity contribution < 1.29 is 4.74 Å². The molecule has 0 radical (unpaired) electrons. The Bertz CT molecular complexity index is 1290. The third-order valence-electron chi connectivity index (χ3n) is 4.77. The molecule has 0 atom stereocenters. The summed E-state index contributed by atoms with van der Waals surface area (Å²) < 4.78 is 5.33. The van der Waals surface area contributed by atoms with E-state index in [4.69, 9.17) is 14.7 Å². The largest absolute Gasteiger partial charge is 0.497 e. The molecule has 0 aliphatic heterocycles. The summed E-state index contributed by atoms with van der Waals surface area (Å²) in [7, 11) is 1.68. The lowest BCUT2D eigenvalue weighted by Gasteiger charge is -2.08. The number of aromatic nitrogens is 2. The fourth-order valence-corrected chi connectivity index (χ4v) is 3.48. The average Bonchev–Trinajstić information content (AvgIpc) is 2.65. The smallest absolute Gasteiger partial charge is 0.119 e. The molecule has 3 heteroatoms. The van der Waals surface area contributed by atoms with Crippen LogP contribution in [0.1, 0.15) is 5.56 Å². The second kappa shape index (κ2) is 5.15. The first kappa shape index (κ1) is 14.2. The van der Waals surface area contributed by atoms with Gasteiger partial charge in [0.2, 0.25) is 0 Å². The molecule has 0 saturated heterocycles. The van der Waals surface area contributed by atoms with Crippen molar-refractivity contribution in [3.05, 3.63) is 66.2 Å². The van der Waals surface area contributed by atoms with Crippen LogP contribution in [0.2, 0.25) is 0 Å². The van der Waals surface area contributed by atoms with Crippen molar-refractivity contribution in [2.45, 2.75) is 6.92 Å². The lowest BCUT2D eigenvalue weighted by atomic mass is 10.0. The molecular weight excluding hydrogens is 308 g/mol. The van der Waals surface area contributed by atoms with Gasteiger partial charge in [0.25, 0.3) is 0 Å². The van der Waals surface area contributed by atoms with E-state index >= 15 is 0 Å². The minimum atomic E-state index is 0.849. The third kappa shape index (κ3) is 2.13. The molecule has 0 spiro atoms. The zero-order valence-electron chi connectivity index (χ0n) is 14.1. The van der Waals surface area contributed by atoms with Crippen molar-refractivity contribution in [2.24, 2.45) is 0 Å². The molecule has 1 aromatic heterocycles. The van der Waals surface area contributed by atoms with Crippen molar-refractivity contribution >= 4 is 43.6 Å². The van der Waals surface area contributed by atoms with E-state index in [1.807, 2.05) is 18.2 Å². The Morgan fingerprint density at radius 3 is 1.92 bits per heavy atom. The molecule has 0 bridgehead atoms. The first-order valence-corrected chi connectivity index (χ1v) is 8.30. The van der Waals surface area contributed by atoms with Gasteiger partial charge in [-0.15, -0.1) is 0 Å². The van der Waals surface area contributed by atoms with Gasteiger partial charge in [0.15, 0.2) is 0 Å². The third-order valence-corrected chi connectivity index (χ3v) is 4.77. The van der Waals surface area contributed by atoms with E-state index in [-0.39, 0.29) is 0 Å². The van der Waals surface area contributed by atoms with Gasteiger partial charge >= 0.3 is 0 Å². The lowest BCUT2D eigenvalue weighted by molar-refractivity contribution is 0.415. The fraction of sp³-hybridized carbons (Fsp3) is 0.0909. The van der Waals surface area contributed by atoms with E-state index < -0.39 is 0 Å². The minimum absolute atomic E-state index is 0.849. The molecule has 0 unspecified atom stereocenters. The molecule has 4 aromatic carbocycles. The van der Waals surface area contributed by atoms with Crippen LogP contribution in [0.4, 0.5) is 0 Å². The summed E-state index contributed by atoms with van der Waals surface area (Å²) >= 11 is 0. The number of hydrogen-bond donors (Lipinski definition) is 0. The maximum Gasteiger partial charge on any atom is 0.119 e. The van der Waals surface area contributed by atoms with Crippen LogP contribution in [0.3, 0.4) is 0 Å². The number of methoxy groups -OCH3 is 1. The highest BCUT2D eigenvalue weighted by Gasteiger charge is 2.09. The van der Waals surface area contributed by atoms with E-state index in [1.54, 1.807) is 7.11 Å². The van der Waals surface area contributed by atoms with Crippen LogP contribution in [0.15, 0.2) is 60.7 Å². The summed E-state index contributed by atoms with van der Waals surface area (Å²) in [6.07, 6.45) is 0. The van der Waals surface area contributed by atoms with Gasteiger partial charge in [0.05, 0.1) is 29.2 Å². The zero-order chi connectivity index (χ0) is 17.0. The van der Waals surface area contributed by atoms with Gasteiger partial charge < -0.3 is 4.74 Å². The van der Waals surface area contributed by atoms with Gasteiger partial charge in [-0.25, -0.2) is 9.97 Å². The van der Waals surface area contributed by atoms with Gasteiger partial charge in [-0.2, -0.15) is 0 Å². The van der Waals surface area contributed by atoms with Crippen LogP contribution in [-0.4, -0.2) is 17.1 Å². The predicted octanol–water partition coefficient (Wildman–Crippen LogP) is 5.41. The number of nitrogens with zero attached hydrogens (tertiary/aromatic N) is 2. The van der Waals surface area contributed by atoms with E-state index in [0.717, 1.165) is 44.0 Å². The normalized spacial score (nSPS) is 11.6. The highest BCUT2D eigenvalue weighted by molar-refractivity contribution is 6.10. The quantitative estimate of drug-likeness (QED) is 0.305. The molecule has 0 aliphatic rings. The summed E-state index contributed by atoms with van der Waals surface area (Å²) in [6.45, 7) is 2.11. The highest BCUT2D eigenvalue weighted by Crippen LogP contribution is 2.30. The van der Waals surface area contributed by atoms with Crippen LogP contribution < -0.4 is 4.74 Å². The van der Waals surface area contributed by atoms with Crippen molar-refractivity contribution in [1.82, 2.24) is 9.97 Å². The maximum atomic E-state index is 5.33. The number of rotatable bonds is 1. The Balaban J connectivity index is 1.90. The molecule has 5 aromatic rings. The van der Waals surface area contributed by atoms with Gasteiger partial charge in [-0.1, -0.05) is 35.9 Å². The summed E-state index contributed by atoms with van der Waals surface area (Å²) in [6, 6.07) is 20.8. The number of fused-ring (bicyclic) bond motifs is 6. The Labute approximate surface area is 144 Å². The van der Waals surface area contributed by atoms with E-state index in [9.17, 15) is 0 Å². The topological polar surface area (TPSA) is 35.0 Å². The molecule has 0 amide bonds. The number of aryl methyl sites for hydroxylation is 1. The van der Waals surface area contributed by atoms with E-state index in [1.165, 1.54) is 10.9 Å². The predicted molar refractivity (Wildman–Crippen MR) is 103 cm³/mol. The molecule has 0 N–H and O–H groups in total. The van der Waals surface area contributed by atoms with Crippen LogP contribution in [0.5, 0.6) is 5.75 Å². The van der Waals surface area contributed by atoms with Crippen LogP contribution in [-0.2, 0) is 0 Å². The summed E-state index contributed by atoms with van der Waals surface area (Å²) in [5.41, 5.74) is 4.97. The Morgan fingerprint density at radius 2 is 1.28 bits per heavy atom. The minimum Gasteiger partial charge on any atom is -0.497 e. The number of ether oxygens (including phenoxy) is 1. The highest BCUT2D eigenvalue weighted by atomic mass is 16.5. The molecule has 0 aliphatic carbocycles. The Kier molecular flexibility index (Phi) is 2.92. The van der Waals surface area contributed by atoms with E-state index in [2.05, 4.69) is 49.4 Å². The van der Waals surface area contributed by atoms with Crippen molar-refractivity contribution in [3.63, 3.8) is 0 Å².